The highest BCUT2D eigenvalue weighted by molar-refractivity contribution is 5.78. The van der Waals surface area contributed by atoms with Gasteiger partial charge < -0.3 is 10.1 Å². The highest BCUT2D eigenvalue weighted by Crippen LogP contribution is 2.11. The second-order valence-electron chi connectivity index (χ2n) is 6.48. The van der Waals surface area contributed by atoms with Crippen LogP contribution in [0.1, 0.15) is 18.4 Å². The number of ether oxygens (including phenoxy) is 1. The van der Waals surface area contributed by atoms with Crippen molar-refractivity contribution in [2.24, 2.45) is 0 Å². The minimum atomic E-state index is 0.122. The summed E-state index contributed by atoms with van der Waals surface area (Å²) in [7, 11) is 0. The summed E-state index contributed by atoms with van der Waals surface area (Å²) in [5.74, 6) is 0.122. The summed E-state index contributed by atoms with van der Waals surface area (Å²) < 4.78 is 5.53. The minimum absolute atomic E-state index is 0.122. The number of nitrogens with one attached hydrogen (secondary N) is 1. The Morgan fingerprint density at radius 3 is 2.57 bits per heavy atom. The molecular formula is C18H27N3O2. The molecule has 0 saturated carbocycles. The lowest BCUT2D eigenvalue weighted by Gasteiger charge is -2.34. The van der Waals surface area contributed by atoms with Gasteiger partial charge in [-0.15, -0.1) is 0 Å². The van der Waals surface area contributed by atoms with Gasteiger partial charge >= 0.3 is 0 Å². The predicted octanol–water partition coefficient (Wildman–Crippen LogP) is 1.10. The average molecular weight is 317 g/mol. The van der Waals surface area contributed by atoms with Crippen molar-refractivity contribution in [1.82, 2.24) is 15.1 Å². The smallest absolute Gasteiger partial charge is 0.234 e. The molecule has 1 unspecified atom stereocenters. The van der Waals surface area contributed by atoms with Gasteiger partial charge in [-0.05, 0) is 18.4 Å². The molecule has 5 heteroatoms. The van der Waals surface area contributed by atoms with Crippen molar-refractivity contribution in [3.05, 3.63) is 35.9 Å². The molecule has 2 aliphatic rings. The lowest BCUT2D eigenvalue weighted by molar-refractivity contribution is -0.123. The molecule has 2 saturated heterocycles. The van der Waals surface area contributed by atoms with E-state index in [4.69, 9.17) is 4.74 Å². The molecule has 2 aliphatic heterocycles. The average Bonchev–Trinajstić information content (AvgIpc) is 3.09. The van der Waals surface area contributed by atoms with E-state index in [1.54, 1.807) is 0 Å². The summed E-state index contributed by atoms with van der Waals surface area (Å²) in [5.41, 5.74) is 1.36. The molecule has 0 radical (unpaired) electrons. The summed E-state index contributed by atoms with van der Waals surface area (Å²) in [4.78, 5) is 16.7. The van der Waals surface area contributed by atoms with Crippen LogP contribution < -0.4 is 5.32 Å². The largest absolute Gasteiger partial charge is 0.376 e. The first-order chi connectivity index (χ1) is 11.3. The van der Waals surface area contributed by atoms with Crippen molar-refractivity contribution in [2.45, 2.75) is 25.5 Å². The molecular weight excluding hydrogens is 290 g/mol. The lowest BCUT2D eigenvalue weighted by Crippen LogP contribution is -2.49. The van der Waals surface area contributed by atoms with E-state index in [9.17, 15) is 4.79 Å². The second kappa shape index (κ2) is 8.43. The SMILES string of the molecule is O=C(CN1CCN(Cc2ccccc2)CC1)NCC1CCCO1. The van der Waals surface area contributed by atoms with Gasteiger partial charge in [0.05, 0.1) is 12.6 Å². The highest BCUT2D eigenvalue weighted by atomic mass is 16.5. The number of rotatable bonds is 6. The van der Waals surface area contributed by atoms with E-state index < -0.39 is 0 Å². The molecule has 3 rings (SSSR count). The number of carbonyl (C=O) groups excluding carboxylic acids is 1. The van der Waals surface area contributed by atoms with Crippen molar-refractivity contribution in [2.75, 3.05) is 45.9 Å². The van der Waals surface area contributed by atoms with Gasteiger partial charge in [0.15, 0.2) is 0 Å². The molecule has 2 fully saturated rings. The molecule has 1 aromatic carbocycles. The number of benzene rings is 1. The van der Waals surface area contributed by atoms with E-state index in [-0.39, 0.29) is 12.0 Å². The van der Waals surface area contributed by atoms with Gasteiger partial charge in [-0.3, -0.25) is 14.6 Å². The minimum Gasteiger partial charge on any atom is -0.376 e. The molecule has 0 bridgehead atoms. The zero-order valence-electron chi connectivity index (χ0n) is 13.7. The van der Waals surface area contributed by atoms with Gasteiger partial charge in [0, 0.05) is 45.9 Å². The molecule has 1 amide bonds. The molecule has 1 aromatic rings. The third-order valence-electron chi connectivity index (χ3n) is 4.63. The topological polar surface area (TPSA) is 44.8 Å². The standard InChI is InChI=1S/C18H27N3O2/c22-18(19-13-17-7-4-12-23-17)15-21-10-8-20(9-11-21)14-16-5-2-1-3-6-16/h1-3,5-6,17H,4,7-15H2,(H,19,22). The van der Waals surface area contributed by atoms with Crippen LogP contribution in [0.15, 0.2) is 30.3 Å². The number of hydrogen-bond acceptors (Lipinski definition) is 4. The van der Waals surface area contributed by atoms with Crippen LogP contribution in [0.25, 0.3) is 0 Å². The van der Waals surface area contributed by atoms with Crippen LogP contribution in [0.3, 0.4) is 0 Å². The van der Waals surface area contributed by atoms with Crippen LogP contribution in [0.2, 0.25) is 0 Å². The normalized spacial score (nSPS) is 23.0. The lowest BCUT2D eigenvalue weighted by atomic mass is 10.2. The van der Waals surface area contributed by atoms with Crippen molar-refractivity contribution >= 4 is 5.91 Å². The second-order valence-corrected chi connectivity index (χ2v) is 6.48. The Morgan fingerprint density at radius 1 is 1.13 bits per heavy atom. The first-order valence-electron chi connectivity index (χ1n) is 8.66. The van der Waals surface area contributed by atoms with Crippen molar-refractivity contribution < 1.29 is 9.53 Å². The highest BCUT2D eigenvalue weighted by Gasteiger charge is 2.20. The Bertz CT molecular complexity index is 480. The fourth-order valence-corrected chi connectivity index (χ4v) is 3.24. The van der Waals surface area contributed by atoms with Crippen LogP contribution in [0, 0.1) is 0 Å². The molecule has 1 N–H and O–H groups in total. The Hall–Kier alpha value is -1.43. The van der Waals surface area contributed by atoms with Gasteiger partial charge in [0.25, 0.3) is 0 Å². The van der Waals surface area contributed by atoms with Crippen LogP contribution >= 0.6 is 0 Å². The van der Waals surface area contributed by atoms with Gasteiger partial charge in [0.1, 0.15) is 0 Å². The van der Waals surface area contributed by atoms with E-state index in [2.05, 4.69) is 45.4 Å². The Balaban J connectivity index is 1.33. The molecule has 0 spiro atoms. The molecule has 1 atom stereocenters. The monoisotopic (exact) mass is 317 g/mol. The zero-order valence-corrected chi connectivity index (χ0v) is 13.7. The fraction of sp³-hybridized carbons (Fsp3) is 0.611. The Morgan fingerprint density at radius 2 is 1.87 bits per heavy atom. The quantitative estimate of drug-likeness (QED) is 0.853. The molecule has 5 nitrogen and oxygen atoms in total. The van der Waals surface area contributed by atoms with Crippen molar-refractivity contribution in [1.29, 1.82) is 0 Å². The van der Waals surface area contributed by atoms with E-state index in [0.717, 1.165) is 52.2 Å². The maximum atomic E-state index is 12.0. The third-order valence-corrected chi connectivity index (χ3v) is 4.63. The van der Waals surface area contributed by atoms with Gasteiger partial charge in [0.2, 0.25) is 5.91 Å². The molecule has 23 heavy (non-hydrogen) atoms. The van der Waals surface area contributed by atoms with Crippen molar-refractivity contribution in [3.63, 3.8) is 0 Å². The number of amides is 1. The van der Waals surface area contributed by atoms with Crippen molar-refractivity contribution in [3.8, 4) is 0 Å². The van der Waals surface area contributed by atoms with E-state index in [0.29, 0.717) is 13.1 Å². The van der Waals surface area contributed by atoms with Gasteiger partial charge in [-0.25, -0.2) is 0 Å². The summed E-state index contributed by atoms with van der Waals surface area (Å²) in [6, 6.07) is 10.6. The van der Waals surface area contributed by atoms with E-state index >= 15 is 0 Å². The summed E-state index contributed by atoms with van der Waals surface area (Å²) >= 11 is 0. The van der Waals surface area contributed by atoms with Gasteiger partial charge in [-0.1, -0.05) is 30.3 Å². The molecule has 126 valence electrons. The summed E-state index contributed by atoms with van der Waals surface area (Å²) in [6.45, 7) is 6.96. The van der Waals surface area contributed by atoms with E-state index in [1.165, 1.54) is 5.56 Å². The van der Waals surface area contributed by atoms with Crippen LogP contribution in [-0.2, 0) is 16.1 Å². The number of hydrogen-bond donors (Lipinski definition) is 1. The molecule has 0 aromatic heterocycles. The number of nitrogens with zero attached hydrogens (tertiary/aromatic N) is 2. The summed E-state index contributed by atoms with van der Waals surface area (Å²) in [5, 5.41) is 3.00. The molecule has 2 heterocycles. The Labute approximate surface area is 138 Å². The fourth-order valence-electron chi connectivity index (χ4n) is 3.24. The predicted molar refractivity (Wildman–Crippen MR) is 90.1 cm³/mol. The van der Waals surface area contributed by atoms with Crippen LogP contribution in [-0.4, -0.2) is 67.7 Å². The molecule has 0 aliphatic carbocycles. The first kappa shape index (κ1) is 16.4. The van der Waals surface area contributed by atoms with Crippen LogP contribution in [0.4, 0.5) is 0 Å². The maximum Gasteiger partial charge on any atom is 0.234 e. The zero-order chi connectivity index (χ0) is 15.9. The third kappa shape index (κ3) is 5.30. The summed E-state index contributed by atoms with van der Waals surface area (Å²) in [6.07, 6.45) is 2.41. The number of carbonyl (C=O) groups is 1. The number of piperazine rings is 1. The Kier molecular flexibility index (Phi) is 6.02. The van der Waals surface area contributed by atoms with Gasteiger partial charge in [-0.2, -0.15) is 0 Å². The van der Waals surface area contributed by atoms with Crippen LogP contribution in [0.5, 0.6) is 0 Å². The van der Waals surface area contributed by atoms with E-state index in [1.807, 2.05) is 0 Å². The first-order valence-corrected chi connectivity index (χ1v) is 8.66. The maximum absolute atomic E-state index is 12.0.